The molecule has 0 fully saturated rings. The summed E-state index contributed by atoms with van der Waals surface area (Å²) in [6, 6.07) is 0. The van der Waals surface area contributed by atoms with Gasteiger partial charge >= 0.3 is 23.9 Å². The zero-order chi connectivity index (χ0) is 18.5. The molecule has 0 aromatic rings. The van der Waals surface area contributed by atoms with Gasteiger partial charge in [0.15, 0.2) is 0 Å². The van der Waals surface area contributed by atoms with E-state index in [0.29, 0.717) is 0 Å². The molecule has 2 atom stereocenters. The second-order valence-electron chi connectivity index (χ2n) is 5.23. The van der Waals surface area contributed by atoms with Crippen molar-refractivity contribution < 1.29 is 39.6 Å². The summed E-state index contributed by atoms with van der Waals surface area (Å²) in [4.78, 5) is 42.9. The van der Waals surface area contributed by atoms with Crippen LogP contribution in [0.3, 0.4) is 0 Å². The number of carboxylic acids is 4. The molecule has 24 heavy (non-hydrogen) atoms. The molecule has 8 heteroatoms. The maximum absolute atomic E-state index is 11.0. The Bertz CT molecular complexity index is 460. The van der Waals surface area contributed by atoms with Crippen molar-refractivity contribution in [3.05, 3.63) is 24.3 Å². The molecule has 0 aliphatic carbocycles. The van der Waals surface area contributed by atoms with E-state index in [2.05, 4.69) is 0 Å². The molecule has 0 heterocycles. The van der Waals surface area contributed by atoms with E-state index < -0.39 is 35.7 Å². The highest BCUT2D eigenvalue weighted by Crippen LogP contribution is 2.13. The topological polar surface area (TPSA) is 149 Å². The van der Waals surface area contributed by atoms with Crippen molar-refractivity contribution >= 4 is 23.9 Å². The average Bonchev–Trinajstić information content (AvgIpc) is 2.46. The third-order valence-electron chi connectivity index (χ3n) is 3.24. The summed E-state index contributed by atoms with van der Waals surface area (Å²) in [5.41, 5.74) is 0. The van der Waals surface area contributed by atoms with Crippen molar-refractivity contribution in [2.45, 2.75) is 38.5 Å². The molecule has 0 bridgehead atoms. The lowest BCUT2D eigenvalue weighted by Crippen LogP contribution is -2.12. The van der Waals surface area contributed by atoms with Gasteiger partial charge in [-0.05, 0) is 25.7 Å². The molecule has 0 aromatic carbocycles. The molecule has 0 amide bonds. The molecule has 0 radical (unpaired) electrons. The van der Waals surface area contributed by atoms with Gasteiger partial charge in [0.1, 0.15) is 0 Å². The van der Waals surface area contributed by atoms with E-state index in [0.717, 1.165) is 0 Å². The summed E-state index contributed by atoms with van der Waals surface area (Å²) in [5, 5.41) is 35.1. The second-order valence-corrected chi connectivity index (χ2v) is 5.23. The van der Waals surface area contributed by atoms with Gasteiger partial charge in [-0.2, -0.15) is 0 Å². The van der Waals surface area contributed by atoms with Crippen molar-refractivity contribution in [3.8, 4) is 0 Å². The van der Waals surface area contributed by atoms with Crippen molar-refractivity contribution in [3.63, 3.8) is 0 Å². The summed E-state index contributed by atoms with van der Waals surface area (Å²) in [5.74, 6) is -5.83. The maximum Gasteiger partial charge on any atom is 0.310 e. The lowest BCUT2D eigenvalue weighted by Gasteiger charge is -2.06. The van der Waals surface area contributed by atoms with Crippen LogP contribution in [-0.4, -0.2) is 44.3 Å². The Morgan fingerprint density at radius 1 is 0.667 bits per heavy atom. The minimum Gasteiger partial charge on any atom is -0.481 e. The molecule has 2 unspecified atom stereocenters. The third-order valence-corrected chi connectivity index (χ3v) is 3.24. The van der Waals surface area contributed by atoms with Crippen LogP contribution >= 0.6 is 0 Å². The van der Waals surface area contributed by atoms with Crippen LogP contribution in [-0.2, 0) is 19.2 Å². The average molecular weight is 342 g/mol. The molecule has 134 valence electrons. The molecular weight excluding hydrogens is 320 g/mol. The first-order valence-corrected chi connectivity index (χ1v) is 7.48. The highest BCUT2D eigenvalue weighted by atomic mass is 16.4. The van der Waals surface area contributed by atoms with Gasteiger partial charge in [0.05, 0.1) is 11.8 Å². The Kier molecular flexibility index (Phi) is 10.6. The van der Waals surface area contributed by atoms with Crippen LogP contribution in [0.1, 0.15) is 38.5 Å². The third kappa shape index (κ3) is 11.0. The molecule has 0 rings (SSSR count). The first-order chi connectivity index (χ1) is 11.2. The van der Waals surface area contributed by atoms with Crippen LogP contribution in [0.4, 0.5) is 0 Å². The van der Waals surface area contributed by atoms with Crippen molar-refractivity contribution in [1.29, 1.82) is 0 Å². The predicted octanol–water partition coefficient (Wildman–Crippen LogP) is 2.01. The fourth-order valence-corrected chi connectivity index (χ4v) is 1.95. The molecule has 0 aromatic heterocycles. The number of hydrogen-bond donors (Lipinski definition) is 4. The van der Waals surface area contributed by atoms with Crippen molar-refractivity contribution in [1.82, 2.24) is 0 Å². The fraction of sp³-hybridized carbons (Fsp3) is 0.500. The van der Waals surface area contributed by atoms with Gasteiger partial charge in [0.25, 0.3) is 0 Å². The van der Waals surface area contributed by atoms with Crippen LogP contribution in [0, 0.1) is 11.8 Å². The van der Waals surface area contributed by atoms with Crippen molar-refractivity contribution in [2.75, 3.05) is 0 Å². The minimum atomic E-state index is -1.08. The van der Waals surface area contributed by atoms with Gasteiger partial charge in [-0.15, -0.1) is 0 Å². The van der Waals surface area contributed by atoms with Gasteiger partial charge in [0, 0.05) is 12.8 Å². The molecule has 4 N–H and O–H groups in total. The van der Waals surface area contributed by atoms with Gasteiger partial charge in [0.2, 0.25) is 0 Å². The lowest BCUT2D eigenvalue weighted by molar-refractivity contribution is -0.141. The fourth-order valence-electron chi connectivity index (χ4n) is 1.95. The molecule has 0 spiro atoms. The van der Waals surface area contributed by atoms with Crippen LogP contribution in [0.2, 0.25) is 0 Å². The number of hydrogen-bond acceptors (Lipinski definition) is 4. The summed E-state index contributed by atoms with van der Waals surface area (Å²) in [6.45, 7) is 0. The number of carboxylic acid groups (broad SMARTS) is 4. The predicted molar refractivity (Wildman–Crippen MR) is 83.5 cm³/mol. The lowest BCUT2D eigenvalue weighted by atomic mass is 10.00. The molecule has 0 saturated carbocycles. The Balaban J connectivity index is 4.52. The van der Waals surface area contributed by atoms with E-state index in [-0.39, 0.29) is 38.5 Å². The smallest absolute Gasteiger partial charge is 0.310 e. The van der Waals surface area contributed by atoms with E-state index in [4.69, 9.17) is 20.4 Å². The van der Waals surface area contributed by atoms with Gasteiger partial charge in [-0.3, -0.25) is 19.2 Å². The van der Waals surface area contributed by atoms with E-state index in [1.54, 1.807) is 0 Å². The number of aliphatic carboxylic acids is 4. The first-order valence-electron chi connectivity index (χ1n) is 7.48. The Morgan fingerprint density at radius 3 is 1.25 bits per heavy atom. The maximum atomic E-state index is 11.0. The quantitative estimate of drug-likeness (QED) is 0.371. The number of allylic oxidation sites excluding steroid dienone is 2. The standard InChI is InChI=1S/C16H22O8/c17-13(18)9-3-7-11(15(21)22)5-1-2-6-12(16(23)24)8-4-10-14(19)20/h1-2,5-6,11-12H,3-4,7-10H2,(H,17,18)(H,19,20)(H,21,22)(H,23,24)/b5-1+,6-2+. The first kappa shape index (κ1) is 21.4. The summed E-state index contributed by atoms with van der Waals surface area (Å²) in [6.07, 6.45) is 6.14. The molecular formula is C16H22O8. The van der Waals surface area contributed by atoms with Crippen LogP contribution in [0.15, 0.2) is 24.3 Å². The largest absolute Gasteiger partial charge is 0.481 e. The van der Waals surface area contributed by atoms with Crippen LogP contribution in [0.5, 0.6) is 0 Å². The summed E-state index contributed by atoms with van der Waals surface area (Å²) < 4.78 is 0. The number of rotatable bonds is 13. The van der Waals surface area contributed by atoms with Gasteiger partial charge in [-0.1, -0.05) is 24.3 Å². The van der Waals surface area contributed by atoms with E-state index in [1.807, 2.05) is 0 Å². The van der Waals surface area contributed by atoms with E-state index >= 15 is 0 Å². The molecule has 0 aliphatic heterocycles. The Morgan fingerprint density at radius 2 is 1.00 bits per heavy atom. The SMILES string of the molecule is O=C(O)CCCC(/C=C/C=C/C(CCCC(=O)O)C(=O)O)C(=O)O. The van der Waals surface area contributed by atoms with Gasteiger partial charge in [-0.25, -0.2) is 0 Å². The minimum absolute atomic E-state index is 0.113. The monoisotopic (exact) mass is 342 g/mol. The highest BCUT2D eigenvalue weighted by molar-refractivity contribution is 5.73. The van der Waals surface area contributed by atoms with Crippen LogP contribution < -0.4 is 0 Å². The zero-order valence-corrected chi connectivity index (χ0v) is 13.1. The van der Waals surface area contributed by atoms with E-state index in [1.165, 1.54) is 24.3 Å². The molecule has 0 aliphatic rings. The van der Waals surface area contributed by atoms with Gasteiger partial charge < -0.3 is 20.4 Å². The zero-order valence-electron chi connectivity index (χ0n) is 13.1. The molecule has 8 nitrogen and oxygen atoms in total. The highest BCUT2D eigenvalue weighted by Gasteiger charge is 2.15. The Labute approximate surface area is 139 Å². The summed E-state index contributed by atoms with van der Waals surface area (Å²) in [7, 11) is 0. The normalized spacial score (nSPS) is 13.8. The van der Waals surface area contributed by atoms with E-state index in [9.17, 15) is 19.2 Å². The summed E-state index contributed by atoms with van der Waals surface area (Å²) >= 11 is 0. The van der Waals surface area contributed by atoms with Crippen LogP contribution in [0.25, 0.3) is 0 Å². The van der Waals surface area contributed by atoms with Crippen molar-refractivity contribution in [2.24, 2.45) is 11.8 Å². The number of carbonyl (C=O) groups is 4. The molecule has 0 saturated heterocycles. The Hall–Kier alpha value is -2.64. The second kappa shape index (κ2) is 11.9.